The van der Waals surface area contributed by atoms with E-state index in [-0.39, 0.29) is 6.03 Å². The number of unbranched alkanes of at least 4 members (excludes halogenated alkanes) is 1. The molecule has 0 aliphatic heterocycles. The summed E-state index contributed by atoms with van der Waals surface area (Å²) < 4.78 is 2.24. The first-order valence-corrected chi connectivity index (χ1v) is 10.9. The predicted octanol–water partition coefficient (Wildman–Crippen LogP) is 6.24. The van der Waals surface area contributed by atoms with Gasteiger partial charge in [-0.25, -0.2) is 4.79 Å². The molecule has 1 aromatic heterocycles. The second-order valence-corrected chi connectivity index (χ2v) is 7.81. The van der Waals surface area contributed by atoms with E-state index < -0.39 is 0 Å². The van der Waals surface area contributed by atoms with Crippen LogP contribution in [0.15, 0.2) is 66.9 Å². The summed E-state index contributed by atoms with van der Waals surface area (Å²) >= 11 is 0. The monoisotopic (exact) mass is 403 g/mol. The van der Waals surface area contributed by atoms with E-state index in [1.807, 2.05) is 17.0 Å². The number of hydrogen-bond donors (Lipinski definition) is 1. The van der Waals surface area contributed by atoms with Gasteiger partial charge in [0, 0.05) is 30.7 Å². The van der Waals surface area contributed by atoms with Crippen molar-refractivity contribution in [3.63, 3.8) is 0 Å². The van der Waals surface area contributed by atoms with Gasteiger partial charge < -0.3 is 14.8 Å². The molecule has 0 aliphatic rings. The Morgan fingerprint density at radius 1 is 1.03 bits per heavy atom. The van der Waals surface area contributed by atoms with E-state index in [1.54, 1.807) is 0 Å². The highest BCUT2D eigenvalue weighted by molar-refractivity contribution is 5.89. The van der Waals surface area contributed by atoms with Crippen molar-refractivity contribution in [2.45, 2.75) is 53.1 Å². The maximum Gasteiger partial charge on any atom is 0.322 e. The van der Waals surface area contributed by atoms with E-state index in [9.17, 15) is 4.79 Å². The van der Waals surface area contributed by atoms with Gasteiger partial charge in [-0.05, 0) is 60.7 Å². The van der Waals surface area contributed by atoms with Crippen LogP contribution >= 0.6 is 0 Å². The molecule has 4 nitrogen and oxygen atoms in total. The standard InChI is InChI=1S/C26H33N3O/c1-4-6-16-29(26(30)27-24-14-9-12-22(5-2)18-24)20-25-15-10-17-28(25)19-23-13-8-7-11-21(23)3/h7-15,17-18H,4-6,16,19-20H2,1-3H3,(H,27,30). The first-order chi connectivity index (χ1) is 14.6. The van der Waals surface area contributed by atoms with Crippen LogP contribution in [0.5, 0.6) is 0 Å². The van der Waals surface area contributed by atoms with E-state index in [0.717, 1.165) is 43.7 Å². The van der Waals surface area contributed by atoms with Crippen molar-refractivity contribution in [3.05, 3.63) is 89.2 Å². The van der Waals surface area contributed by atoms with Crippen molar-refractivity contribution < 1.29 is 4.79 Å². The first kappa shape index (κ1) is 21.7. The summed E-state index contributed by atoms with van der Waals surface area (Å²) in [7, 11) is 0. The van der Waals surface area contributed by atoms with Crippen LogP contribution in [0.2, 0.25) is 0 Å². The van der Waals surface area contributed by atoms with Crippen molar-refractivity contribution in [3.8, 4) is 0 Å². The van der Waals surface area contributed by atoms with Crippen LogP contribution in [0.25, 0.3) is 0 Å². The fourth-order valence-electron chi connectivity index (χ4n) is 3.59. The lowest BCUT2D eigenvalue weighted by molar-refractivity contribution is 0.207. The van der Waals surface area contributed by atoms with Crippen molar-refractivity contribution >= 4 is 11.7 Å². The van der Waals surface area contributed by atoms with Gasteiger partial charge in [-0.2, -0.15) is 0 Å². The minimum absolute atomic E-state index is 0.0413. The summed E-state index contributed by atoms with van der Waals surface area (Å²) in [6.07, 6.45) is 5.10. The summed E-state index contributed by atoms with van der Waals surface area (Å²) in [5.41, 5.74) is 5.81. The van der Waals surface area contributed by atoms with Crippen LogP contribution in [0, 0.1) is 6.92 Å². The van der Waals surface area contributed by atoms with Gasteiger partial charge in [0.15, 0.2) is 0 Å². The lowest BCUT2D eigenvalue weighted by atomic mass is 10.1. The summed E-state index contributed by atoms with van der Waals surface area (Å²) in [5, 5.41) is 3.09. The molecule has 0 saturated carbocycles. The average Bonchev–Trinajstić information content (AvgIpc) is 3.19. The van der Waals surface area contributed by atoms with Crippen molar-refractivity contribution in [2.75, 3.05) is 11.9 Å². The number of hydrogen-bond acceptors (Lipinski definition) is 1. The summed E-state index contributed by atoms with van der Waals surface area (Å²) in [6.45, 7) is 8.57. The third kappa shape index (κ3) is 5.76. The maximum absolute atomic E-state index is 13.1. The number of aromatic nitrogens is 1. The molecule has 0 spiro atoms. The van der Waals surface area contributed by atoms with Crippen LogP contribution in [0.1, 0.15) is 49.1 Å². The van der Waals surface area contributed by atoms with Crippen LogP contribution in [0.3, 0.4) is 0 Å². The Balaban J connectivity index is 1.74. The van der Waals surface area contributed by atoms with E-state index in [4.69, 9.17) is 0 Å². The molecular formula is C26H33N3O. The maximum atomic E-state index is 13.1. The molecule has 1 N–H and O–H groups in total. The summed E-state index contributed by atoms with van der Waals surface area (Å²) in [6, 6.07) is 20.7. The number of aryl methyl sites for hydroxylation is 2. The molecular weight excluding hydrogens is 370 g/mol. The van der Waals surface area contributed by atoms with Gasteiger partial charge in [-0.3, -0.25) is 0 Å². The molecule has 4 heteroatoms. The van der Waals surface area contributed by atoms with Gasteiger partial charge in [-0.1, -0.05) is 56.7 Å². The van der Waals surface area contributed by atoms with Gasteiger partial charge in [-0.15, -0.1) is 0 Å². The number of rotatable bonds is 9. The molecule has 3 rings (SSSR count). The van der Waals surface area contributed by atoms with Crippen LogP contribution in [-0.2, 0) is 19.5 Å². The number of carbonyl (C=O) groups excluding carboxylic acids is 1. The first-order valence-electron chi connectivity index (χ1n) is 10.9. The Morgan fingerprint density at radius 3 is 2.63 bits per heavy atom. The van der Waals surface area contributed by atoms with Gasteiger partial charge in [0.25, 0.3) is 0 Å². The molecule has 158 valence electrons. The van der Waals surface area contributed by atoms with E-state index >= 15 is 0 Å². The zero-order chi connectivity index (χ0) is 21.3. The molecule has 0 atom stereocenters. The number of benzene rings is 2. The van der Waals surface area contributed by atoms with Gasteiger partial charge in [0.05, 0.1) is 6.54 Å². The van der Waals surface area contributed by atoms with Gasteiger partial charge in [0.1, 0.15) is 0 Å². The number of nitrogens with one attached hydrogen (secondary N) is 1. The Bertz CT molecular complexity index is 960. The average molecular weight is 404 g/mol. The number of nitrogens with zero attached hydrogens (tertiary/aromatic N) is 2. The molecule has 0 aliphatic carbocycles. The molecule has 1 heterocycles. The molecule has 2 amide bonds. The molecule has 2 aromatic carbocycles. The minimum atomic E-state index is -0.0413. The third-order valence-electron chi connectivity index (χ3n) is 5.53. The Labute approximate surface area is 180 Å². The summed E-state index contributed by atoms with van der Waals surface area (Å²) in [5.74, 6) is 0. The minimum Gasteiger partial charge on any atom is -0.345 e. The fourth-order valence-corrected chi connectivity index (χ4v) is 3.59. The normalized spacial score (nSPS) is 10.8. The van der Waals surface area contributed by atoms with Gasteiger partial charge >= 0.3 is 6.03 Å². The van der Waals surface area contributed by atoms with Gasteiger partial charge in [0.2, 0.25) is 0 Å². The van der Waals surface area contributed by atoms with Crippen molar-refractivity contribution in [1.82, 2.24) is 9.47 Å². The van der Waals surface area contributed by atoms with Crippen molar-refractivity contribution in [1.29, 1.82) is 0 Å². The predicted molar refractivity (Wildman–Crippen MR) is 125 cm³/mol. The van der Waals surface area contributed by atoms with Crippen LogP contribution < -0.4 is 5.32 Å². The number of urea groups is 1. The fraction of sp³-hybridized carbons (Fsp3) is 0.346. The van der Waals surface area contributed by atoms with Crippen LogP contribution in [-0.4, -0.2) is 22.0 Å². The SMILES string of the molecule is CCCCN(Cc1cccn1Cc1ccccc1C)C(=O)Nc1cccc(CC)c1. The van der Waals surface area contributed by atoms with Crippen molar-refractivity contribution in [2.24, 2.45) is 0 Å². The number of anilines is 1. The van der Waals surface area contributed by atoms with E-state index in [2.05, 4.69) is 85.4 Å². The van der Waals surface area contributed by atoms with E-state index in [0.29, 0.717) is 6.54 Å². The highest BCUT2D eigenvalue weighted by Gasteiger charge is 2.16. The summed E-state index contributed by atoms with van der Waals surface area (Å²) in [4.78, 5) is 15.0. The molecule has 0 saturated heterocycles. The Morgan fingerprint density at radius 2 is 1.87 bits per heavy atom. The third-order valence-corrected chi connectivity index (χ3v) is 5.53. The lowest BCUT2D eigenvalue weighted by Crippen LogP contribution is -2.36. The van der Waals surface area contributed by atoms with Crippen LogP contribution in [0.4, 0.5) is 10.5 Å². The Kier molecular flexibility index (Phi) is 7.72. The highest BCUT2D eigenvalue weighted by Crippen LogP contribution is 2.16. The van der Waals surface area contributed by atoms with E-state index in [1.165, 1.54) is 16.7 Å². The zero-order valence-corrected chi connectivity index (χ0v) is 18.4. The molecule has 0 radical (unpaired) electrons. The zero-order valence-electron chi connectivity index (χ0n) is 18.4. The second-order valence-electron chi connectivity index (χ2n) is 7.81. The number of amides is 2. The quantitative estimate of drug-likeness (QED) is 0.451. The Hall–Kier alpha value is -3.01. The molecule has 3 aromatic rings. The number of carbonyl (C=O) groups is 1. The topological polar surface area (TPSA) is 37.3 Å². The largest absolute Gasteiger partial charge is 0.345 e. The molecule has 30 heavy (non-hydrogen) atoms. The smallest absolute Gasteiger partial charge is 0.322 e. The lowest BCUT2D eigenvalue weighted by Gasteiger charge is -2.24. The highest BCUT2D eigenvalue weighted by atomic mass is 16.2. The molecule has 0 bridgehead atoms. The molecule has 0 fully saturated rings. The molecule has 0 unspecified atom stereocenters. The second kappa shape index (κ2) is 10.7.